The second-order valence-electron chi connectivity index (χ2n) is 3.80. The summed E-state index contributed by atoms with van der Waals surface area (Å²) in [6.45, 7) is 0. The van der Waals surface area contributed by atoms with E-state index in [9.17, 15) is 0 Å². The van der Waals surface area contributed by atoms with Gasteiger partial charge in [0.05, 0.1) is 0 Å². The Bertz CT molecular complexity index is 401. The largest absolute Gasteiger partial charge is 0.359 e. The van der Waals surface area contributed by atoms with Gasteiger partial charge >= 0.3 is 0 Å². The first kappa shape index (κ1) is 14.0. The van der Waals surface area contributed by atoms with Gasteiger partial charge < -0.3 is 4.74 Å². The summed E-state index contributed by atoms with van der Waals surface area (Å²) in [4.78, 5) is 0. The van der Waals surface area contributed by atoms with Crippen LogP contribution in [0.15, 0.2) is 60.7 Å². The van der Waals surface area contributed by atoms with E-state index in [1.807, 2.05) is 12.1 Å². The predicted molar refractivity (Wildman–Crippen MR) is 73.9 cm³/mol. The lowest BCUT2D eigenvalue weighted by Crippen LogP contribution is -1.82. The molecule has 1 saturated heterocycles. The molecule has 0 radical (unpaired) electrons. The lowest BCUT2D eigenvalue weighted by Gasteiger charge is -1.95. The zero-order chi connectivity index (χ0) is 10.1. The van der Waals surface area contributed by atoms with Gasteiger partial charge in [0, 0.05) is 0 Å². The molecule has 0 aliphatic carbocycles. The highest BCUT2D eigenvalue weighted by molar-refractivity contribution is 5.85. The van der Waals surface area contributed by atoms with Gasteiger partial charge in [0.25, 0.3) is 0 Å². The third-order valence-corrected chi connectivity index (χ3v) is 2.75. The molecule has 0 bridgehead atoms. The molecular formula is C14H14Cl2O. The first-order valence-electron chi connectivity index (χ1n) is 5.20. The Morgan fingerprint density at radius 3 is 1.29 bits per heavy atom. The zero-order valence-electron chi connectivity index (χ0n) is 9.15. The SMILES string of the molecule is Cl.Cl.c1ccc(C2OC2c2ccccc2)cc1. The quantitative estimate of drug-likeness (QED) is 0.739. The predicted octanol–water partition coefficient (Wildman–Crippen LogP) is 4.34. The van der Waals surface area contributed by atoms with Gasteiger partial charge in [-0.2, -0.15) is 0 Å². The number of epoxide rings is 1. The van der Waals surface area contributed by atoms with Gasteiger partial charge in [-0.3, -0.25) is 0 Å². The van der Waals surface area contributed by atoms with Gasteiger partial charge in [0.15, 0.2) is 0 Å². The molecule has 90 valence electrons. The summed E-state index contributed by atoms with van der Waals surface area (Å²) in [5, 5.41) is 0. The van der Waals surface area contributed by atoms with Crippen molar-refractivity contribution >= 4 is 24.8 Å². The summed E-state index contributed by atoms with van der Waals surface area (Å²) in [7, 11) is 0. The van der Waals surface area contributed by atoms with Gasteiger partial charge in [-0.15, -0.1) is 24.8 Å². The standard InChI is InChI=1S/C14H12O.2ClH/c1-3-7-11(8-4-1)13-14(15-13)12-9-5-2-6-10-12;;/h1-10,13-14H;2*1H. The van der Waals surface area contributed by atoms with Crippen LogP contribution in [-0.2, 0) is 4.74 Å². The summed E-state index contributed by atoms with van der Waals surface area (Å²) in [6.07, 6.45) is 0.516. The van der Waals surface area contributed by atoms with E-state index < -0.39 is 0 Å². The highest BCUT2D eigenvalue weighted by atomic mass is 35.5. The maximum Gasteiger partial charge on any atom is 0.114 e. The first-order chi connectivity index (χ1) is 7.45. The van der Waals surface area contributed by atoms with Crippen molar-refractivity contribution in [3.05, 3.63) is 71.8 Å². The van der Waals surface area contributed by atoms with Crippen LogP contribution in [0.3, 0.4) is 0 Å². The molecule has 2 aromatic rings. The lowest BCUT2D eigenvalue weighted by molar-refractivity contribution is 0.377. The molecule has 2 aromatic carbocycles. The normalized spacial score (nSPS) is 20.9. The molecule has 0 N–H and O–H groups in total. The van der Waals surface area contributed by atoms with Gasteiger partial charge in [-0.05, 0) is 11.1 Å². The number of hydrogen-bond acceptors (Lipinski definition) is 1. The fourth-order valence-electron chi connectivity index (χ4n) is 1.90. The van der Waals surface area contributed by atoms with Crippen LogP contribution < -0.4 is 0 Å². The van der Waals surface area contributed by atoms with Gasteiger partial charge in [0.2, 0.25) is 0 Å². The van der Waals surface area contributed by atoms with Crippen molar-refractivity contribution < 1.29 is 4.74 Å². The molecule has 0 saturated carbocycles. The Morgan fingerprint density at radius 1 is 0.588 bits per heavy atom. The summed E-state index contributed by atoms with van der Waals surface area (Å²) in [5.74, 6) is 0. The van der Waals surface area contributed by atoms with Crippen molar-refractivity contribution in [1.29, 1.82) is 0 Å². The summed E-state index contributed by atoms with van der Waals surface area (Å²) in [6, 6.07) is 20.8. The summed E-state index contributed by atoms with van der Waals surface area (Å²) >= 11 is 0. The average Bonchev–Trinajstić information content (AvgIpc) is 3.11. The van der Waals surface area contributed by atoms with E-state index in [1.54, 1.807) is 0 Å². The molecule has 0 aromatic heterocycles. The molecule has 0 amide bonds. The Hall–Kier alpha value is -1.02. The van der Waals surface area contributed by atoms with Crippen LogP contribution in [0, 0.1) is 0 Å². The molecule has 1 aliphatic rings. The van der Waals surface area contributed by atoms with Crippen LogP contribution in [0.2, 0.25) is 0 Å². The molecule has 0 spiro atoms. The number of rotatable bonds is 2. The van der Waals surface area contributed by atoms with Crippen LogP contribution in [-0.4, -0.2) is 0 Å². The average molecular weight is 269 g/mol. The van der Waals surface area contributed by atoms with Crippen molar-refractivity contribution in [2.45, 2.75) is 12.2 Å². The molecular weight excluding hydrogens is 255 g/mol. The summed E-state index contributed by atoms with van der Waals surface area (Å²) < 4.78 is 5.69. The van der Waals surface area contributed by atoms with Crippen LogP contribution in [0.5, 0.6) is 0 Å². The Labute approximate surface area is 114 Å². The molecule has 17 heavy (non-hydrogen) atoms. The van der Waals surface area contributed by atoms with Crippen molar-refractivity contribution in [3.63, 3.8) is 0 Å². The maximum absolute atomic E-state index is 5.69. The summed E-state index contributed by atoms with van der Waals surface area (Å²) in [5.41, 5.74) is 2.54. The molecule has 1 heterocycles. The van der Waals surface area contributed by atoms with Gasteiger partial charge in [-0.1, -0.05) is 60.7 Å². The van der Waals surface area contributed by atoms with Crippen LogP contribution >= 0.6 is 24.8 Å². The lowest BCUT2D eigenvalue weighted by atomic mass is 10.0. The number of ether oxygens (including phenoxy) is 1. The Kier molecular flexibility index (Phi) is 5.01. The van der Waals surface area contributed by atoms with E-state index >= 15 is 0 Å². The molecule has 2 atom stereocenters. The minimum Gasteiger partial charge on any atom is -0.359 e. The number of benzene rings is 2. The Morgan fingerprint density at radius 2 is 0.941 bits per heavy atom. The van der Waals surface area contributed by atoms with E-state index in [4.69, 9.17) is 4.74 Å². The van der Waals surface area contributed by atoms with Gasteiger partial charge in [-0.25, -0.2) is 0 Å². The van der Waals surface area contributed by atoms with Crippen LogP contribution in [0.4, 0.5) is 0 Å². The zero-order valence-corrected chi connectivity index (χ0v) is 10.8. The smallest absolute Gasteiger partial charge is 0.114 e. The van der Waals surface area contributed by atoms with Gasteiger partial charge in [0.1, 0.15) is 12.2 Å². The molecule has 1 aliphatic heterocycles. The van der Waals surface area contributed by atoms with E-state index in [0.29, 0.717) is 0 Å². The van der Waals surface area contributed by atoms with Crippen LogP contribution in [0.25, 0.3) is 0 Å². The second kappa shape index (κ2) is 6.06. The van der Waals surface area contributed by atoms with E-state index in [-0.39, 0.29) is 37.0 Å². The monoisotopic (exact) mass is 268 g/mol. The second-order valence-corrected chi connectivity index (χ2v) is 3.80. The van der Waals surface area contributed by atoms with Crippen LogP contribution in [0.1, 0.15) is 23.3 Å². The van der Waals surface area contributed by atoms with E-state index in [0.717, 1.165) is 0 Å². The third kappa shape index (κ3) is 3.01. The minimum atomic E-state index is 0. The topological polar surface area (TPSA) is 12.5 Å². The number of hydrogen-bond donors (Lipinski definition) is 0. The Balaban J connectivity index is 0.000000722. The molecule has 3 rings (SSSR count). The third-order valence-electron chi connectivity index (χ3n) is 2.75. The molecule has 1 fully saturated rings. The van der Waals surface area contributed by atoms with Crippen molar-refractivity contribution in [1.82, 2.24) is 0 Å². The molecule has 2 unspecified atom stereocenters. The first-order valence-corrected chi connectivity index (χ1v) is 5.20. The maximum atomic E-state index is 5.69. The van der Waals surface area contributed by atoms with Crippen molar-refractivity contribution in [2.75, 3.05) is 0 Å². The fourth-order valence-corrected chi connectivity index (χ4v) is 1.90. The fraction of sp³-hybridized carbons (Fsp3) is 0.143. The highest BCUT2D eigenvalue weighted by Gasteiger charge is 2.40. The highest BCUT2D eigenvalue weighted by Crippen LogP contribution is 2.50. The van der Waals surface area contributed by atoms with E-state index in [1.165, 1.54) is 11.1 Å². The molecule has 1 nitrogen and oxygen atoms in total. The molecule has 3 heteroatoms. The number of halogens is 2. The minimum absolute atomic E-state index is 0. The van der Waals surface area contributed by atoms with Crippen molar-refractivity contribution in [2.24, 2.45) is 0 Å². The van der Waals surface area contributed by atoms with Crippen molar-refractivity contribution in [3.8, 4) is 0 Å². The van der Waals surface area contributed by atoms with E-state index in [2.05, 4.69) is 48.5 Å².